The number of carbonyl (C=O) groups excluding carboxylic acids is 2. The fourth-order valence-corrected chi connectivity index (χ4v) is 2.51. The molecule has 0 radical (unpaired) electrons. The smallest absolute Gasteiger partial charge is 0.146 e. The van der Waals surface area contributed by atoms with Gasteiger partial charge in [-0.05, 0) is 26.2 Å². The summed E-state index contributed by atoms with van der Waals surface area (Å²) in [6.07, 6.45) is 6.82. The number of unbranched alkanes of at least 4 members (excludes halogenated alkanes) is 3. The largest absolute Gasteiger partial charge is 0.299 e. The molecule has 0 aliphatic heterocycles. The maximum atomic E-state index is 11.8. The molecule has 1 fully saturated rings. The number of hydrogen-bond acceptors (Lipinski definition) is 2. The number of rotatable bonds is 6. The van der Waals surface area contributed by atoms with Crippen LogP contribution in [0.5, 0.6) is 0 Å². The van der Waals surface area contributed by atoms with Crippen molar-refractivity contribution in [2.45, 2.75) is 58.3 Å². The molecular formula is C13H21ClO2. The average Bonchev–Trinajstić information content (AvgIpc) is 2.26. The third-order valence-corrected chi connectivity index (χ3v) is 3.87. The van der Waals surface area contributed by atoms with Crippen molar-refractivity contribution in [3.63, 3.8) is 0 Å². The summed E-state index contributed by atoms with van der Waals surface area (Å²) in [5.74, 6) is 1.01. The first-order chi connectivity index (χ1) is 7.61. The number of carbonyl (C=O) groups is 2. The third kappa shape index (κ3) is 3.31. The van der Waals surface area contributed by atoms with Gasteiger partial charge in [0, 0.05) is 18.7 Å². The number of Topliss-reactive ketones (excluding diaryl/α,β-unsaturated/α-hetero) is 2. The maximum absolute atomic E-state index is 11.8. The number of alkyl halides is 1. The average molecular weight is 245 g/mol. The van der Waals surface area contributed by atoms with Crippen LogP contribution in [0.2, 0.25) is 0 Å². The minimum absolute atomic E-state index is 0.154. The number of halogens is 1. The highest BCUT2D eigenvalue weighted by Gasteiger charge is 2.41. The molecule has 0 unspecified atom stereocenters. The Morgan fingerprint density at radius 1 is 1.06 bits per heavy atom. The van der Waals surface area contributed by atoms with Crippen LogP contribution in [-0.4, -0.2) is 17.4 Å². The molecule has 92 valence electrons. The van der Waals surface area contributed by atoms with Crippen molar-refractivity contribution in [3.05, 3.63) is 0 Å². The van der Waals surface area contributed by atoms with Crippen LogP contribution in [-0.2, 0) is 9.59 Å². The molecule has 16 heavy (non-hydrogen) atoms. The van der Waals surface area contributed by atoms with E-state index in [1.807, 2.05) is 6.92 Å². The first kappa shape index (κ1) is 13.7. The SMILES string of the molecule is CC1(CCCCCCCl)C(=O)CCCC1=O. The van der Waals surface area contributed by atoms with Gasteiger partial charge in [-0.3, -0.25) is 9.59 Å². The molecular weight excluding hydrogens is 224 g/mol. The van der Waals surface area contributed by atoms with Gasteiger partial charge in [-0.25, -0.2) is 0 Å². The standard InChI is InChI=1S/C13H21ClO2/c1-13(9-4-2-3-5-10-14)11(15)7-6-8-12(13)16/h2-10H2,1H3. The molecule has 0 aromatic rings. The summed E-state index contributed by atoms with van der Waals surface area (Å²) >= 11 is 5.59. The predicted molar refractivity (Wildman–Crippen MR) is 65.8 cm³/mol. The van der Waals surface area contributed by atoms with Crippen LogP contribution in [0.15, 0.2) is 0 Å². The molecule has 0 amide bonds. The Labute approximate surface area is 103 Å². The zero-order valence-corrected chi connectivity index (χ0v) is 10.8. The van der Waals surface area contributed by atoms with E-state index < -0.39 is 5.41 Å². The monoisotopic (exact) mass is 244 g/mol. The molecule has 0 bridgehead atoms. The van der Waals surface area contributed by atoms with Gasteiger partial charge >= 0.3 is 0 Å². The summed E-state index contributed by atoms with van der Waals surface area (Å²) in [6.45, 7) is 1.83. The Morgan fingerprint density at radius 2 is 1.62 bits per heavy atom. The zero-order chi connectivity index (χ0) is 12.0. The normalized spacial score (nSPS) is 20.1. The number of hydrogen-bond donors (Lipinski definition) is 0. The van der Waals surface area contributed by atoms with E-state index in [4.69, 9.17) is 11.6 Å². The Balaban J connectivity index is 2.37. The summed E-state index contributed by atoms with van der Waals surface area (Å²) in [4.78, 5) is 23.6. The van der Waals surface area contributed by atoms with E-state index in [9.17, 15) is 9.59 Å². The molecule has 0 atom stereocenters. The molecule has 0 N–H and O–H groups in total. The molecule has 0 aromatic carbocycles. The Kier molecular flexibility index (Phi) is 5.47. The summed E-state index contributed by atoms with van der Waals surface area (Å²) < 4.78 is 0. The van der Waals surface area contributed by atoms with Crippen molar-refractivity contribution in [1.82, 2.24) is 0 Å². The van der Waals surface area contributed by atoms with Crippen molar-refractivity contribution in [1.29, 1.82) is 0 Å². The lowest BCUT2D eigenvalue weighted by Crippen LogP contribution is -2.39. The van der Waals surface area contributed by atoms with E-state index in [0.717, 1.165) is 38.5 Å². The van der Waals surface area contributed by atoms with Gasteiger partial charge in [0.15, 0.2) is 0 Å². The fraction of sp³-hybridized carbons (Fsp3) is 0.846. The van der Waals surface area contributed by atoms with Crippen LogP contribution in [0.25, 0.3) is 0 Å². The lowest BCUT2D eigenvalue weighted by Gasteiger charge is -2.30. The Morgan fingerprint density at radius 3 is 2.19 bits per heavy atom. The first-order valence-electron chi connectivity index (χ1n) is 6.24. The highest BCUT2D eigenvalue weighted by molar-refractivity contribution is 6.17. The van der Waals surface area contributed by atoms with E-state index in [1.165, 1.54) is 0 Å². The van der Waals surface area contributed by atoms with E-state index in [1.54, 1.807) is 0 Å². The molecule has 1 saturated carbocycles. The highest BCUT2D eigenvalue weighted by Crippen LogP contribution is 2.34. The van der Waals surface area contributed by atoms with Crippen molar-refractivity contribution in [2.75, 3.05) is 5.88 Å². The van der Waals surface area contributed by atoms with Gasteiger partial charge < -0.3 is 0 Å². The lowest BCUT2D eigenvalue weighted by atomic mass is 9.70. The molecule has 0 heterocycles. The molecule has 3 heteroatoms. The van der Waals surface area contributed by atoms with Crippen LogP contribution >= 0.6 is 11.6 Å². The number of ketones is 2. The predicted octanol–water partition coefficient (Wildman–Crippen LogP) is 3.50. The molecule has 1 aliphatic rings. The summed E-state index contributed by atoms with van der Waals surface area (Å²) in [7, 11) is 0. The minimum atomic E-state index is -0.667. The minimum Gasteiger partial charge on any atom is -0.299 e. The fourth-order valence-electron chi connectivity index (χ4n) is 2.32. The second-order valence-corrected chi connectivity index (χ2v) is 5.26. The topological polar surface area (TPSA) is 34.1 Å². The van der Waals surface area contributed by atoms with Crippen molar-refractivity contribution in [3.8, 4) is 0 Å². The van der Waals surface area contributed by atoms with Gasteiger partial charge in [-0.1, -0.05) is 19.3 Å². The van der Waals surface area contributed by atoms with Crippen molar-refractivity contribution >= 4 is 23.2 Å². The molecule has 2 nitrogen and oxygen atoms in total. The second-order valence-electron chi connectivity index (χ2n) is 4.89. The van der Waals surface area contributed by atoms with Crippen LogP contribution < -0.4 is 0 Å². The van der Waals surface area contributed by atoms with E-state index in [0.29, 0.717) is 18.7 Å². The first-order valence-corrected chi connectivity index (χ1v) is 6.77. The molecule has 0 aromatic heterocycles. The van der Waals surface area contributed by atoms with Crippen LogP contribution in [0, 0.1) is 5.41 Å². The van der Waals surface area contributed by atoms with Gasteiger partial charge in [0.25, 0.3) is 0 Å². The van der Waals surface area contributed by atoms with Gasteiger partial charge in [0.2, 0.25) is 0 Å². The summed E-state index contributed by atoms with van der Waals surface area (Å²) in [5, 5.41) is 0. The van der Waals surface area contributed by atoms with E-state index >= 15 is 0 Å². The quantitative estimate of drug-likeness (QED) is 0.407. The highest BCUT2D eigenvalue weighted by atomic mass is 35.5. The van der Waals surface area contributed by atoms with Crippen molar-refractivity contribution < 1.29 is 9.59 Å². The Bertz CT molecular complexity index is 245. The maximum Gasteiger partial charge on any atom is 0.146 e. The molecule has 1 aliphatic carbocycles. The summed E-state index contributed by atoms with van der Waals surface area (Å²) in [5.41, 5.74) is -0.667. The Hall–Kier alpha value is -0.370. The summed E-state index contributed by atoms with van der Waals surface area (Å²) in [6, 6.07) is 0. The van der Waals surface area contributed by atoms with Crippen LogP contribution in [0.1, 0.15) is 58.3 Å². The molecule has 1 rings (SSSR count). The lowest BCUT2D eigenvalue weighted by molar-refractivity contribution is -0.143. The van der Waals surface area contributed by atoms with E-state index in [-0.39, 0.29) is 11.6 Å². The van der Waals surface area contributed by atoms with E-state index in [2.05, 4.69) is 0 Å². The third-order valence-electron chi connectivity index (χ3n) is 3.60. The van der Waals surface area contributed by atoms with Crippen LogP contribution in [0.4, 0.5) is 0 Å². The van der Waals surface area contributed by atoms with Gasteiger partial charge in [-0.2, -0.15) is 0 Å². The molecule has 0 saturated heterocycles. The van der Waals surface area contributed by atoms with Gasteiger partial charge in [0.1, 0.15) is 11.6 Å². The van der Waals surface area contributed by atoms with Gasteiger partial charge in [0.05, 0.1) is 5.41 Å². The second kappa shape index (κ2) is 6.39. The van der Waals surface area contributed by atoms with Crippen LogP contribution in [0.3, 0.4) is 0 Å². The molecule has 0 spiro atoms. The zero-order valence-electron chi connectivity index (χ0n) is 10.1. The van der Waals surface area contributed by atoms with Crippen molar-refractivity contribution in [2.24, 2.45) is 5.41 Å². The van der Waals surface area contributed by atoms with Gasteiger partial charge in [-0.15, -0.1) is 11.6 Å².